The SMILES string of the molecule is CCc1ccc(C(=O)COC(=O)c2cc3c(C)nn(Cc4ccccc4Cl)c3s2)cc1. The van der Waals surface area contributed by atoms with Crippen molar-refractivity contribution < 1.29 is 14.3 Å². The van der Waals surface area contributed by atoms with Crippen molar-refractivity contribution in [3.63, 3.8) is 0 Å². The Bertz CT molecular complexity index is 1260. The number of aryl methyl sites for hydroxylation is 2. The minimum atomic E-state index is -0.511. The first-order chi connectivity index (χ1) is 15.0. The van der Waals surface area contributed by atoms with Crippen LogP contribution >= 0.6 is 22.9 Å². The summed E-state index contributed by atoms with van der Waals surface area (Å²) in [7, 11) is 0. The zero-order valence-corrected chi connectivity index (χ0v) is 18.8. The van der Waals surface area contributed by atoms with Crippen molar-refractivity contribution in [2.24, 2.45) is 0 Å². The second-order valence-corrected chi connectivity index (χ2v) is 8.65. The molecule has 5 nitrogen and oxygen atoms in total. The standard InChI is InChI=1S/C24H21ClN2O3S/c1-3-16-8-10-17(11-9-16)21(28)14-30-24(29)22-12-19-15(2)26-27(23(19)31-22)13-18-6-4-5-7-20(18)25/h4-12H,3,13-14H2,1-2H3. The van der Waals surface area contributed by atoms with Crippen molar-refractivity contribution in [2.75, 3.05) is 6.61 Å². The van der Waals surface area contributed by atoms with Crippen LogP contribution < -0.4 is 0 Å². The maximum atomic E-state index is 12.6. The normalized spacial score (nSPS) is 11.1. The zero-order chi connectivity index (χ0) is 22.0. The van der Waals surface area contributed by atoms with E-state index in [1.165, 1.54) is 11.3 Å². The molecule has 0 aliphatic rings. The number of hydrogen-bond acceptors (Lipinski definition) is 5. The smallest absolute Gasteiger partial charge is 0.348 e. The molecule has 0 unspecified atom stereocenters. The lowest BCUT2D eigenvalue weighted by Crippen LogP contribution is -2.13. The van der Waals surface area contributed by atoms with Gasteiger partial charge in [0, 0.05) is 16.0 Å². The third-order valence-electron chi connectivity index (χ3n) is 5.11. The number of benzene rings is 2. The highest BCUT2D eigenvalue weighted by molar-refractivity contribution is 7.20. The summed E-state index contributed by atoms with van der Waals surface area (Å²) >= 11 is 7.58. The van der Waals surface area contributed by atoms with Crippen LogP contribution in [0.15, 0.2) is 54.6 Å². The van der Waals surface area contributed by atoms with Gasteiger partial charge in [0.15, 0.2) is 12.4 Å². The van der Waals surface area contributed by atoms with Gasteiger partial charge >= 0.3 is 5.97 Å². The van der Waals surface area contributed by atoms with Crippen molar-refractivity contribution in [3.8, 4) is 0 Å². The Morgan fingerprint density at radius 2 is 1.87 bits per heavy atom. The lowest BCUT2D eigenvalue weighted by molar-refractivity contribution is 0.0479. The van der Waals surface area contributed by atoms with Crippen LogP contribution in [0.2, 0.25) is 5.02 Å². The highest BCUT2D eigenvalue weighted by Crippen LogP contribution is 2.30. The van der Waals surface area contributed by atoms with Gasteiger partial charge in [0.25, 0.3) is 0 Å². The van der Waals surface area contributed by atoms with Gasteiger partial charge in [0.2, 0.25) is 0 Å². The van der Waals surface area contributed by atoms with Crippen LogP contribution in [0.3, 0.4) is 0 Å². The van der Waals surface area contributed by atoms with E-state index in [2.05, 4.69) is 12.0 Å². The molecule has 2 heterocycles. The summed E-state index contributed by atoms with van der Waals surface area (Å²) < 4.78 is 7.13. The first-order valence-corrected chi connectivity index (χ1v) is 11.2. The quantitative estimate of drug-likeness (QED) is 0.266. The van der Waals surface area contributed by atoms with Crippen LogP contribution in [-0.2, 0) is 17.7 Å². The number of aromatic nitrogens is 2. The average molecular weight is 453 g/mol. The van der Waals surface area contributed by atoms with E-state index < -0.39 is 5.97 Å². The van der Waals surface area contributed by atoms with Gasteiger partial charge in [-0.15, -0.1) is 11.3 Å². The van der Waals surface area contributed by atoms with E-state index in [4.69, 9.17) is 16.3 Å². The summed E-state index contributed by atoms with van der Waals surface area (Å²) in [6.07, 6.45) is 0.905. The second-order valence-electron chi connectivity index (χ2n) is 7.21. The molecule has 0 N–H and O–H groups in total. The molecule has 31 heavy (non-hydrogen) atoms. The van der Waals surface area contributed by atoms with Gasteiger partial charge in [-0.25, -0.2) is 4.79 Å². The molecular weight excluding hydrogens is 432 g/mol. The second kappa shape index (κ2) is 9.04. The highest BCUT2D eigenvalue weighted by atomic mass is 35.5. The number of fused-ring (bicyclic) bond motifs is 1. The molecule has 0 bridgehead atoms. The molecular formula is C24H21ClN2O3S. The third-order valence-corrected chi connectivity index (χ3v) is 6.60. The fourth-order valence-electron chi connectivity index (χ4n) is 3.32. The molecule has 0 saturated heterocycles. The number of Topliss-reactive ketones (excluding diaryl/α,β-unsaturated/α-hetero) is 1. The van der Waals surface area contributed by atoms with Gasteiger partial charge in [0.05, 0.1) is 12.2 Å². The third kappa shape index (κ3) is 4.55. The van der Waals surface area contributed by atoms with Crippen LogP contribution in [0, 0.1) is 6.92 Å². The lowest BCUT2D eigenvalue weighted by Gasteiger charge is -2.05. The summed E-state index contributed by atoms with van der Waals surface area (Å²) in [5.41, 5.74) is 3.46. The number of carbonyl (C=O) groups excluding carboxylic acids is 2. The van der Waals surface area contributed by atoms with E-state index in [9.17, 15) is 9.59 Å². The molecule has 0 spiro atoms. The van der Waals surface area contributed by atoms with E-state index in [0.29, 0.717) is 22.0 Å². The van der Waals surface area contributed by atoms with Gasteiger partial charge in [-0.05, 0) is 36.6 Å². The number of halogens is 1. The molecule has 2 aromatic carbocycles. The topological polar surface area (TPSA) is 61.2 Å². The molecule has 4 aromatic rings. The first kappa shape index (κ1) is 21.3. The molecule has 7 heteroatoms. The summed E-state index contributed by atoms with van der Waals surface area (Å²) in [5, 5.41) is 6.14. The highest BCUT2D eigenvalue weighted by Gasteiger charge is 2.19. The Kier molecular flexibility index (Phi) is 6.20. The number of esters is 1. The summed E-state index contributed by atoms with van der Waals surface area (Å²) in [4.78, 5) is 26.2. The van der Waals surface area contributed by atoms with E-state index in [1.54, 1.807) is 18.2 Å². The van der Waals surface area contributed by atoms with Gasteiger partial charge in [-0.3, -0.25) is 9.48 Å². The molecule has 0 radical (unpaired) electrons. The van der Waals surface area contributed by atoms with Gasteiger partial charge in [-0.1, -0.05) is 61.0 Å². The number of carbonyl (C=O) groups is 2. The number of ether oxygens (including phenoxy) is 1. The van der Waals surface area contributed by atoms with Crippen LogP contribution in [0.1, 0.15) is 43.8 Å². The van der Waals surface area contributed by atoms with E-state index in [1.807, 2.05) is 48.0 Å². The molecule has 4 rings (SSSR count). The summed E-state index contributed by atoms with van der Waals surface area (Å²) in [5.74, 6) is -0.735. The van der Waals surface area contributed by atoms with Crippen molar-refractivity contribution >= 4 is 44.9 Å². The maximum Gasteiger partial charge on any atom is 0.348 e. The molecule has 158 valence electrons. The minimum absolute atomic E-state index is 0.224. The lowest BCUT2D eigenvalue weighted by atomic mass is 10.1. The van der Waals surface area contributed by atoms with E-state index >= 15 is 0 Å². The predicted molar refractivity (Wildman–Crippen MR) is 123 cm³/mol. The fraction of sp³-hybridized carbons (Fsp3) is 0.208. The Labute approximate surface area is 189 Å². The van der Waals surface area contributed by atoms with Crippen LogP contribution in [0.5, 0.6) is 0 Å². The first-order valence-electron chi connectivity index (χ1n) is 9.96. The van der Waals surface area contributed by atoms with Crippen molar-refractivity contribution in [1.82, 2.24) is 9.78 Å². The largest absolute Gasteiger partial charge is 0.453 e. The van der Waals surface area contributed by atoms with Crippen LogP contribution in [0.25, 0.3) is 10.2 Å². The maximum absolute atomic E-state index is 12.6. The number of rotatable bonds is 7. The van der Waals surface area contributed by atoms with E-state index in [0.717, 1.165) is 33.5 Å². The Morgan fingerprint density at radius 1 is 1.13 bits per heavy atom. The Morgan fingerprint density at radius 3 is 2.58 bits per heavy atom. The summed E-state index contributed by atoms with van der Waals surface area (Å²) in [6.45, 7) is 4.17. The minimum Gasteiger partial charge on any atom is -0.453 e. The Balaban J connectivity index is 1.48. The molecule has 0 saturated carbocycles. The van der Waals surface area contributed by atoms with Gasteiger partial charge in [-0.2, -0.15) is 5.10 Å². The van der Waals surface area contributed by atoms with Crippen molar-refractivity contribution in [3.05, 3.63) is 86.9 Å². The molecule has 2 aromatic heterocycles. The van der Waals surface area contributed by atoms with Gasteiger partial charge in [0.1, 0.15) is 9.71 Å². The molecule has 0 aliphatic heterocycles. The van der Waals surface area contributed by atoms with Crippen LogP contribution in [-0.4, -0.2) is 28.1 Å². The average Bonchev–Trinajstić information content (AvgIpc) is 3.34. The molecule has 0 amide bonds. The molecule has 0 atom stereocenters. The Hall–Kier alpha value is -2.96. The van der Waals surface area contributed by atoms with Crippen molar-refractivity contribution in [1.29, 1.82) is 0 Å². The number of ketones is 1. The number of hydrogen-bond donors (Lipinski definition) is 0. The molecule has 0 fully saturated rings. The zero-order valence-electron chi connectivity index (χ0n) is 17.2. The monoisotopic (exact) mass is 452 g/mol. The van der Waals surface area contributed by atoms with E-state index in [-0.39, 0.29) is 12.4 Å². The summed E-state index contributed by atoms with van der Waals surface area (Å²) in [6, 6.07) is 16.7. The predicted octanol–water partition coefficient (Wildman–Crippen LogP) is 5.71. The van der Waals surface area contributed by atoms with Crippen LogP contribution in [0.4, 0.5) is 0 Å². The van der Waals surface area contributed by atoms with Gasteiger partial charge < -0.3 is 4.74 Å². The van der Waals surface area contributed by atoms with Crippen molar-refractivity contribution in [2.45, 2.75) is 26.8 Å². The number of thiophene rings is 1. The molecule has 0 aliphatic carbocycles. The fourth-order valence-corrected chi connectivity index (χ4v) is 4.57. The number of nitrogens with zero attached hydrogens (tertiary/aromatic N) is 2.